The maximum absolute atomic E-state index is 10.8. The Labute approximate surface area is 153 Å². The first-order valence-corrected chi connectivity index (χ1v) is 7.90. The molecular weight excluding hydrogens is 334 g/mol. The quantitative estimate of drug-likeness (QED) is 0.704. The van der Waals surface area contributed by atoms with Gasteiger partial charge in [-0.25, -0.2) is 4.79 Å². The first kappa shape index (κ1) is 18.7. The van der Waals surface area contributed by atoms with Gasteiger partial charge in [-0.15, -0.1) is 0 Å². The van der Waals surface area contributed by atoms with Crippen molar-refractivity contribution in [2.45, 2.75) is 13.1 Å². The molecule has 3 rings (SSSR count). The van der Waals surface area contributed by atoms with Crippen LogP contribution in [0.4, 0.5) is 0 Å². The molecule has 0 aromatic heterocycles. The molecule has 3 aromatic rings. The largest absolute Gasteiger partial charge is 1.00 e. The summed E-state index contributed by atoms with van der Waals surface area (Å²) in [6.07, 6.45) is 0. The first-order chi connectivity index (χ1) is 11.7. The van der Waals surface area contributed by atoms with Gasteiger partial charge in [0.25, 0.3) is 0 Å². The second kappa shape index (κ2) is 9.02. The zero-order chi connectivity index (χ0) is 16.8. The fraction of sp³-hybridized carbons (Fsp3) is 0.0952. The van der Waals surface area contributed by atoms with Crippen LogP contribution in [-0.2, 0) is 13.1 Å². The molecule has 0 saturated carbocycles. The third kappa shape index (κ3) is 5.18. The fourth-order valence-electron chi connectivity index (χ4n) is 2.56. The van der Waals surface area contributed by atoms with E-state index in [0.717, 1.165) is 12.1 Å². The SMILES string of the molecule is O=C(O)c1ccc(CNCc2ccc(-c3ccccc3)cc2)cc1.[Cl-]. The summed E-state index contributed by atoms with van der Waals surface area (Å²) in [6, 6.07) is 25.8. The minimum absolute atomic E-state index is 0. The van der Waals surface area contributed by atoms with Crippen LogP contribution in [0.25, 0.3) is 11.1 Å². The van der Waals surface area contributed by atoms with Crippen LogP contribution >= 0.6 is 0 Å². The van der Waals surface area contributed by atoms with Crippen LogP contribution in [-0.4, -0.2) is 11.1 Å². The molecule has 4 heteroatoms. The van der Waals surface area contributed by atoms with E-state index in [-0.39, 0.29) is 12.4 Å². The predicted octanol–water partition coefficient (Wildman–Crippen LogP) is 1.35. The summed E-state index contributed by atoms with van der Waals surface area (Å²) in [5.41, 5.74) is 5.03. The Balaban J connectivity index is 0.00000225. The third-order valence-electron chi connectivity index (χ3n) is 3.92. The number of rotatable bonds is 6. The van der Waals surface area contributed by atoms with E-state index in [4.69, 9.17) is 5.11 Å². The van der Waals surface area contributed by atoms with Crippen LogP contribution in [0.2, 0.25) is 0 Å². The maximum atomic E-state index is 10.8. The van der Waals surface area contributed by atoms with E-state index >= 15 is 0 Å². The number of carboxylic acid groups (broad SMARTS) is 1. The average molecular weight is 353 g/mol. The van der Waals surface area contributed by atoms with E-state index in [1.54, 1.807) is 12.1 Å². The standard InChI is InChI=1S/C21H19NO2.ClH/c23-21(24)20-12-8-17(9-13-20)15-22-14-16-6-10-19(11-7-16)18-4-2-1-3-5-18;/h1-13,22H,14-15H2,(H,23,24);1H/p-1. The Kier molecular flexibility index (Phi) is 6.75. The van der Waals surface area contributed by atoms with E-state index in [1.807, 2.05) is 30.3 Å². The smallest absolute Gasteiger partial charge is 0.335 e. The summed E-state index contributed by atoms with van der Waals surface area (Å²) in [5.74, 6) is -0.895. The molecule has 3 nitrogen and oxygen atoms in total. The minimum Gasteiger partial charge on any atom is -1.00 e. The van der Waals surface area contributed by atoms with Crippen molar-refractivity contribution in [1.29, 1.82) is 0 Å². The van der Waals surface area contributed by atoms with Crippen molar-refractivity contribution in [3.8, 4) is 11.1 Å². The molecule has 25 heavy (non-hydrogen) atoms. The molecule has 128 valence electrons. The van der Waals surface area contributed by atoms with E-state index < -0.39 is 5.97 Å². The van der Waals surface area contributed by atoms with Gasteiger partial charge in [0, 0.05) is 13.1 Å². The lowest BCUT2D eigenvalue weighted by atomic mass is 10.0. The van der Waals surface area contributed by atoms with Crippen molar-refractivity contribution in [1.82, 2.24) is 5.32 Å². The van der Waals surface area contributed by atoms with Crippen LogP contribution in [0.15, 0.2) is 78.9 Å². The number of aromatic carboxylic acids is 1. The Morgan fingerprint density at radius 1 is 0.720 bits per heavy atom. The van der Waals surface area contributed by atoms with Gasteiger partial charge < -0.3 is 22.8 Å². The van der Waals surface area contributed by atoms with Gasteiger partial charge in [-0.05, 0) is 34.4 Å². The molecule has 2 N–H and O–H groups in total. The average Bonchev–Trinajstić information content (AvgIpc) is 2.63. The highest BCUT2D eigenvalue weighted by Gasteiger charge is 2.02. The van der Waals surface area contributed by atoms with Gasteiger partial charge in [0.15, 0.2) is 0 Å². The molecule has 0 radical (unpaired) electrons. The second-order valence-electron chi connectivity index (χ2n) is 5.67. The zero-order valence-electron chi connectivity index (χ0n) is 13.7. The summed E-state index contributed by atoms with van der Waals surface area (Å²) in [7, 11) is 0. The number of halogens is 1. The van der Waals surface area contributed by atoms with Crippen molar-refractivity contribution in [2.24, 2.45) is 0 Å². The Hall–Kier alpha value is -2.62. The van der Waals surface area contributed by atoms with E-state index in [0.29, 0.717) is 12.1 Å². The van der Waals surface area contributed by atoms with Gasteiger partial charge >= 0.3 is 5.97 Å². The lowest BCUT2D eigenvalue weighted by Crippen LogP contribution is -3.00. The Bertz CT molecular complexity index is 800. The Morgan fingerprint density at radius 3 is 1.72 bits per heavy atom. The highest BCUT2D eigenvalue weighted by Crippen LogP contribution is 2.19. The van der Waals surface area contributed by atoms with Crippen molar-refractivity contribution < 1.29 is 22.3 Å². The van der Waals surface area contributed by atoms with E-state index in [2.05, 4.69) is 41.7 Å². The highest BCUT2D eigenvalue weighted by molar-refractivity contribution is 5.87. The van der Waals surface area contributed by atoms with Gasteiger partial charge in [-0.1, -0.05) is 66.7 Å². The van der Waals surface area contributed by atoms with Crippen LogP contribution in [0.1, 0.15) is 21.5 Å². The van der Waals surface area contributed by atoms with Crippen molar-refractivity contribution in [3.63, 3.8) is 0 Å². The molecule has 0 aliphatic heterocycles. The van der Waals surface area contributed by atoms with Crippen molar-refractivity contribution in [2.75, 3.05) is 0 Å². The maximum Gasteiger partial charge on any atom is 0.335 e. The summed E-state index contributed by atoms with van der Waals surface area (Å²) in [4.78, 5) is 10.8. The van der Waals surface area contributed by atoms with Gasteiger partial charge in [-0.2, -0.15) is 0 Å². The molecule has 0 fully saturated rings. The summed E-state index contributed by atoms with van der Waals surface area (Å²) < 4.78 is 0. The molecule has 0 unspecified atom stereocenters. The summed E-state index contributed by atoms with van der Waals surface area (Å²) >= 11 is 0. The second-order valence-corrected chi connectivity index (χ2v) is 5.67. The monoisotopic (exact) mass is 352 g/mol. The molecule has 0 saturated heterocycles. The zero-order valence-corrected chi connectivity index (χ0v) is 14.4. The Morgan fingerprint density at radius 2 is 1.20 bits per heavy atom. The van der Waals surface area contributed by atoms with Gasteiger partial charge in [0.05, 0.1) is 5.56 Å². The molecule has 0 bridgehead atoms. The number of carboxylic acids is 1. The molecule has 0 amide bonds. The molecular formula is C21H19ClNO2-. The number of nitrogens with one attached hydrogen (secondary N) is 1. The number of benzene rings is 3. The lowest BCUT2D eigenvalue weighted by molar-refractivity contribution is -0.0000203. The molecule has 0 spiro atoms. The number of hydrogen-bond acceptors (Lipinski definition) is 2. The highest BCUT2D eigenvalue weighted by atomic mass is 35.5. The van der Waals surface area contributed by atoms with E-state index in [1.165, 1.54) is 16.7 Å². The third-order valence-corrected chi connectivity index (χ3v) is 3.92. The molecule has 0 aliphatic rings. The molecule has 0 atom stereocenters. The van der Waals surface area contributed by atoms with Gasteiger partial charge in [0.2, 0.25) is 0 Å². The van der Waals surface area contributed by atoms with Gasteiger partial charge in [-0.3, -0.25) is 0 Å². The minimum atomic E-state index is -0.895. The number of hydrogen-bond donors (Lipinski definition) is 2. The van der Waals surface area contributed by atoms with Crippen molar-refractivity contribution >= 4 is 5.97 Å². The van der Waals surface area contributed by atoms with Crippen LogP contribution in [0.3, 0.4) is 0 Å². The van der Waals surface area contributed by atoms with Gasteiger partial charge in [0.1, 0.15) is 0 Å². The normalized spacial score (nSPS) is 10.1. The lowest BCUT2D eigenvalue weighted by Gasteiger charge is -2.07. The van der Waals surface area contributed by atoms with E-state index in [9.17, 15) is 4.79 Å². The predicted molar refractivity (Wildman–Crippen MR) is 95.8 cm³/mol. The van der Waals surface area contributed by atoms with Crippen LogP contribution in [0.5, 0.6) is 0 Å². The number of carbonyl (C=O) groups is 1. The van der Waals surface area contributed by atoms with Crippen LogP contribution in [0, 0.1) is 0 Å². The summed E-state index contributed by atoms with van der Waals surface area (Å²) in [5, 5.41) is 12.3. The van der Waals surface area contributed by atoms with Crippen LogP contribution < -0.4 is 17.7 Å². The molecule has 3 aromatic carbocycles. The molecule has 0 heterocycles. The molecule has 0 aliphatic carbocycles. The topological polar surface area (TPSA) is 49.3 Å². The van der Waals surface area contributed by atoms with Crippen molar-refractivity contribution in [3.05, 3.63) is 95.6 Å². The summed E-state index contributed by atoms with van der Waals surface area (Å²) in [6.45, 7) is 1.48. The first-order valence-electron chi connectivity index (χ1n) is 7.90. The fourth-order valence-corrected chi connectivity index (χ4v) is 2.56.